The van der Waals surface area contributed by atoms with Crippen molar-refractivity contribution in [2.75, 3.05) is 0 Å². The minimum Gasteiger partial charge on any atom is -0.508 e. The Bertz CT molecular complexity index is 966. The number of benzene rings is 3. The molecule has 0 fully saturated rings. The van der Waals surface area contributed by atoms with E-state index in [-0.39, 0.29) is 23.3 Å². The van der Waals surface area contributed by atoms with Gasteiger partial charge >= 0.3 is 0 Å². The zero-order chi connectivity index (χ0) is 22.0. The largest absolute Gasteiger partial charge is 0.508 e. The molecule has 0 spiro atoms. The van der Waals surface area contributed by atoms with E-state index < -0.39 is 0 Å². The van der Waals surface area contributed by atoms with Gasteiger partial charge in [0.15, 0.2) is 0 Å². The van der Waals surface area contributed by atoms with Gasteiger partial charge in [-0.25, -0.2) is 0 Å². The van der Waals surface area contributed by atoms with E-state index in [0.717, 1.165) is 45.3 Å². The van der Waals surface area contributed by atoms with Crippen LogP contribution in [0, 0.1) is 13.8 Å². The average Bonchev–Trinajstić information content (AvgIpc) is 2.67. The van der Waals surface area contributed by atoms with Crippen LogP contribution in [0.2, 0.25) is 0 Å². The van der Waals surface area contributed by atoms with Gasteiger partial charge in [0.25, 0.3) is 0 Å². The van der Waals surface area contributed by atoms with Gasteiger partial charge in [-0.1, -0.05) is 27.7 Å². The first kappa shape index (κ1) is 21.6. The third kappa shape index (κ3) is 4.70. The van der Waals surface area contributed by atoms with Crippen LogP contribution in [0.5, 0.6) is 34.5 Å². The highest BCUT2D eigenvalue weighted by atomic mass is 16.5. The van der Waals surface area contributed by atoms with E-state index in [1.807, 2.05) is 26.0 Å². The molecule has 0 aliphatic rings. The molecule has 0 unspecified atom stereocenters. The quantitative estimate of drug-likeness (QED) is 0.444. The number of rotatable bonds is 6. The van der Waals surface area contributed by atoms with Crippen molar-refractivity contribution in [3.8, 4) is 34.5 Å². The van der Waals surface area contributed by atoms with Crippen LogP contribution in [0.4, 0.5) is 0 Å². The Balaban J connectivity index is 1.92. The number of phenolic OH excluding ortho intramolecular Hbond substituents is 2. The lowest BCUT2D eigenvalue weighted by Crippen LogP contribution is -1.98. The summed E-state index contributed by atoms with van der Waals surface area (Å²) in [5.41, 5.74) is 3.81. The summed E-state index contributed by atoms with van der Waals surface area (Å²) in [5, 5.41) is 19.6. The minimum absolute atomic E-state index is 0.222. The fraction of sp³-hybridized carbons (Fsp3) is 0.308. The molecular formula is C26H30O4. The molecular weight excluding hydrogens is 376 g/mol. The molecule has 4 nitrogen and oxygen atoms in total. The number of ether oxygens (including phenoxy) is 2. The van der Waals surface area contributed by atoms with E-state index in [0.29, 0.717) is 0 Å². The molecule has 0 saturated heterocycles. The number of hydrogen-bond acceptors (Lipinski definition) is 4. The Morgan fingerprint density at radius 1 is 0.567 bits per heavy atom. The van der Waals surface area contributed by atoms with E-state index in [9.17, 15) is 10.2 Å². The van der Waals surface area contributed by atoms with E-state index in [1.54, 1.807) is 36.4 Å². The average molecular weight is 407 g/mol. The molecule has 3 aromatic carbocycles. The van der Waals surface area contributed by atoms with Crippen molar-refractivity contribution in [1.29, 1.82) is 0 Å². The van der Waals surface area contributed by atoms with Gasteiger partial charge in [-0.15, -0.1) is 0 Å². The highest BCUT2D eigenvalue weighted by Crippen LogP contribution is 2.39. The van der Waals surface area contributed by atoms with Crippen LogP contribution in [0.15, 0.2) is 48.5 Å². The first-order valence-electron chi connectivity index (χ1n) is 10.3. The van der Waals surface area contributed by atoms with E-state index >= 15 is 0 Å². The molecule has 0 atom stereocenters. The van der Waals surface area contributed by atoms with Gasteiger partial charge in [-0.2, -0.15) is 0 Å². The van der Waals surface area contributed by atoms with Gasteiger partial charge in [0.1, 0.15) is 34.5 Å². The van der Waals surface area contributed by atoms with Crippen molar-refractivity contribution in [2.45, 2.75) is 53.4 Å². The second-order valence-electron chi connectivity index (χ2n) is 8.34. The van der Waals surface area contributed by atoms with Crippen LogP contribution in [0.3, 0.4) is 0 Å². The molecule has 158 valence electrons. The number of aryl methyl sites for hydroxylation is 2. The number of phenols is 2. The number of hydrogen-bond donors (Lipinski definition) is 2. The Morgan fingerprint density at radius 3 is 1.27 bits per heavy atom. The molecule has 30 heavy (non-hydrogen) atoms. The van der Waals surface area contributed by atoms with Gasteiger partial charge in [0, 0.05) is 11.1 Å². The minimum atomic E-state index is 0.222. The molecule has 2 N–H and O–H groups in total. The normalized spacial score (nSPS) is 11.2. The standard InChI is InChI=1S/C26H30O4/c1-15(2)21-13-19(27)7-9-23(21)29-25-11-18(6)26(12-17(25)5)30-24-10-8-20(28)14-22(24)16(3)4/h7-16,27-28H,1-6H3. The van der Waals surface area contributed by atoms with Crippen LogP contribution in [0.1, 0.15) is 61.8 Å². The summed E-state index contributed by atoms with van der Waals surface area (Å²) >= 11 is 0. The summed E-state index contributed by atoms with van der Waals surface area (Å²) in [5.74, 6) is 3.89. The van der Waals surface area contributed by atoms with E-state index in [4.69, 9.17) is 9.47 Å². The summed E-state index contributed by atoms with van der Waals surface area (Å²) in [6, 6.07) is 14.3. The Labute approximate surface area is 178 Å². The third-order valence-electron chi connectivity index (χ3n) is 5.14. The number of aromatic hydroxyl groups is 2. The van der Waals surface area contributed by atoms with Crippen molar-refractivity contribution in [3.05, 3.63) is 70.8 Å². The van der Waals surface area contributed by atoms with Crippen molar-refractivity contribution in [2.24, 2.45) is 0 Å². The fourth-order valence-electron chi connectivity index (χ4n) is 3.38. The van der Waals surface area contributed by atoms with Gasteiger partial charge in [0.2, 0.25) is 0 Å². The first-order chi connectivity index (χ1) is 14.2. The summed E-state index contributed by atoms with van der Waals surface area (Å²) in [6.07, 6.45) is 0. The second-order valence-corrected chi connectivity index (χ2v) is 8.34. The lowest BCUT2D eigenvalue weighted by atomic mass is 10.0. The molecule has 0 aliphatic carbocycles. The van der Waals surface area contributed by atoms with Gasteiger partial charge < -0.3 is 19.7 Å². The second kappa shape index (κ2) is 8.70. The van der Waals surface area contributed by atoms with Crippen LogP contribution in [-0.4, -0.2) is 10.2 Å². The summed E-state index contributed by atoms with van der Waals surface area (Å²) in [4.78, 5) is 0. The predicted octanol–water partition coefficient (Wildman–Crippen LogP) is 7.55. The molecule has 0 aliphatic heterocycles. The predicted molar refractivity (Wildman–Crippen MR) is 120 cm³/mol. The van der Waals surface area contributed by atoms with E-state index in [2.05, 4.69) is 27.7 Å². The molecule has 0 saturated carbocycles. The van der Waals surface area contributed by atoms with Crippen LogP contribution in [-0.2, 0) is 0 Å². The summed E-state index contributed by atoms with van der Waals surface area (Å²) in [6.45, 7) is 12.2. The molecule has 0 radical (unpaired) electrons. The van der Waals surface area contributed by atoms with Crippen molar-refractivity contribution < 1.29 is 19.7 Å². The molecule has 0 heterocycles. The lowest BCUT2D eigenvalue weighted by molar-refractivity contribution is 0.445. The SMILES string of the molecule is Cc1cc(Oc2ccc(O)cc2C(C)C)c(C)cc1Oc1ccc(O)cc1C(C)C. The lowest BCUT2D eigenvalue weighted by Gasteiger charge is -2.19. The highest BCUT2D eigenvalue weighted by molar-refractivity contribution is 5.52. The Morgan fingerprint density at radius 2 is 0.933 bits per heavy atom. The molecule has 0 amide bonds. The topological polar surface area (TPSA) is 58.9 Å². The summed E-state index contributed by atoms with van der Waals surface area (Å²) in [7, 11) is 0. The van der Waals surface area contributed by atoms with Crippen molar-refractivity contribution in [1.82, 2.24) is 0 Å². The smallest absolute Gasteiger partial charge is 0.131 e. The maximum Gasteiger partial charge on any atom is 0.131 e. The summed E-state index contributed by atoms with van der Waals surface area (Å²) < 4.78 is 12.4. The van der Waals surface area contributed by atoms with Crippen LogP contribution >= 0.6 is 0 Å². The molecule has 0 bridgehead atoms. The third-order valence-corrected chi connectivity index (χ3v) is 5.14. The maximum atomic E-state index is 9.82. The Kier molecular flexibility index (Phi) is 6.25. The van der Waals surface area contributed by atoms with Crippen molar-refractivity contribution >= 4 is 0 Å². The molecule has 4 heteroatoms. The van der Waals surface area contributed by atoms with Crippen LogP contribution in [0.25, 0.3) is 0 Å². The van der Waals surface area contributed by atoms with Crippen LogP contribution < -0.4 is 9.47 Å². The monoisotopic (exact) mass is 406 g/mol. The zero-order valence-corrected chi connectivity index (χ0v) is 18.5. The molecule has 0 aromatic heterocycles. The van der Waals surface area contributed by atoms with Gasteiger partial charge in [0.05, 0.1) is 0 Å². The Hall–Kier alpha value is -3.14. The highest BCUT2D eigenvalue weighted by Gasteiger charge is 2.15. The fourth-order valence-corrected chi connectivity index (χ4v) is 3.38. The first-order valence-corrected chi connectivity index (χ1v) is 10.3. The van der Waals surface area contributed by atoms with Crippen molar-refractivity contribution in [3.63, 3.8) is 0 Å². The zero-order valence-electron chi connectivity index (χ0n) is 18.5. The maximum absolute atomic E-state index is 9.82. The molecule has 3 rings (SSSR count). The van der Waals surface area contributed by atoms with Gasteiger partial charge in [-0.3, -0.25) is 0 Å². The van der Waals surface area contributed by atoms with Gasteiger partial charge in [-0.05, 0) is 85.3 Å². The molecule has 3 aromatic rings. The van der Waals surface area contributed by atoms with E-state index in [1.165, 1.54) is 0 Å².